The zero-order valence-corrected chi connectivity index (χ0v) is 26.2. The van der Waals surface area contributed by atoms with Crippen molar-refractivity contribution in [2.24, 2.45) is 34.0 Å². The van der Waals surface area contributed by atoms with Crippen molar-refractivity contribution in [3.8, 4) is 0 Å². The van der Waals surface area contributed by atoms with Crippen molar-refractivity contribution in [1.29, 1.82) is 0 Å². The molecule has 1 spiro atoms. The fourth-order valence-electron chi connectivity index (χ4n) is 11.0. The van der Waals surface area contributed by atoms with Crippen LogP contribution in [0, 0.1) is 34.0 Å². The van der Waals surface area contributed by atoms with Crippen LogP contribution in [0.4, 0.5) is 0 Å². The van der Waals surface area contributed by atoms with Crippen LogP contribution in [0.2, 0.25) is 0 Å². The van der Waals surface area contributed by atoms with Gasteiger partial charge in [-0.25, -0.2) is 0 Å². The highest BCUT2D eigenvalue weighted by molar-refractivity contribution is 5.17. The van der Waals surface area contributed by atoms with Crippen LogP contribution in [0.1, 0.15) is 78.6 Å². The normalized spacial score (nSPS) is 57.5. The van der Waals surface area contributed by atoms with Gasteiger partial charge in [-0.15, -0.1) is 0 Å². The molecule has 0 amide bonds. The molecule has 6 aliphatic rings. The number of hydrogen-bond acceptors (Lipinski definition) is 12. The lowest BCUT2D eigenvalue weighted by molar-refractivity contribution is -0.368. The number of rotatable bonds is 7. The van der Waals surface area contributed by atoms with Gasteiger partial charge in [0, 0.05) is 0 Å². The summed E-state index contributed by atoms with van der Waals surface area (Å²) in [5.41, 5.74) is -1.17. The summed E-state index contributed by atoms with van der Waals surface area (Å²) < 4.78 is 23.9. The van der Waals surface area contributed by atoms with E-state index in [0.29, 0.717) is 18.3 Å². The van der Waals surface area contributed by atoms with E-state index in [-0.39, 0.29) is 35.4 Å². The van der Waals surface area contributed by atoms with Crippen LogP contribution in [-0.4, -0.2) is 128 Å². The summed E-state index contributed by atoms with van der Waals surface area (Å²) in [7, 11) is 0. The zero-order chi connectivity index (χ0) is 31.8. The van der Waals surface area contributed by atoms with E-state index >= 15 is 0 Å². The van der Waals surface area contributed by atoms with Crippen LogP contribution in [0.3, 0.4) is 0 Å². The van der Waals surface area contributed by atoms with E-state index in [1.807, 2.05) is 0 Å². The number of aliphatic hydroxyl groups excluding tert-OH is 7. The van der Waals surface area contributed by atoms with Gasteiger partial charge < -0.3 is 59.8 Å². The highest BCUT2D eigenvalue weighted by atomic mass is 16.8. The van der Waals surface area contributed by atoms with Gasteiger partial charge in [0.05, 0.1) is 31.5 Å². The third-order valence-corrected chi connectivity index (χ3v) is 13.2. The van der Waals surface area contributed by atoms with Crippen molar-refractivity contribution in [2.75, 3.05) is 19.8 Å². The average molecular weight is 631 g/mol. The molecule has 0 radical (unpaired) electrons. The third-order valence-electron chi connectivity index (χ3n) is 13.2. The van der Waals surface area contributed by atoms with Crippen LogP contribution >= 0.6 is 0 Å². The van der Waals surface area contributed by atoms with Gasteiger partial charge in [-0.2, -0.15) is 0 Å². The molecule has 8 N–H and O–H groups in total. The van der Waals surface area contributed by atoms with E-state index < -0.39 is 73.6 Å². The molecule has 6 rings (SSSR count). The van der Waals surface area contributed by atoms with Crippen molar-refractivity contribution in [3.63, 3.8) is 0 Å². The van der Waals surface area contributed by atoms with E-state index in [2.05, 4.69) is 13.8 Å². The Morgan fingerprint density at radius 2 is 1.55 bits per heavy atom. The molecular formula is C32H54O12. The second-order valence-corrected chi connectivity index (χ2v) is 15.7. The van der Waals surface area contributed by atoms with Crippen LogP contribution in [0.15, 0.2) is 0 Å². The van der Waals surface area contributed by atoms with Crippen LogP contribution in [0.5, 0.6) is 0 Å². The fraction of sp³-hybridized carbons (Fsp3) is 1.00. The first-order valence-electron chi connectivity index (χ1n) is 16.6. The molecule has 44 heavy (non-hydrogen) atoms. The minimum Gasteiger partial charge on any atom is -0.394 e. The predicted molar refractivity (Wildman–Crippen MR) is 154 cm³/mol. The lowest BCUT2D eigenvalue weighted by Crippen LogP contribution is -2.64. The maximum absolute atomic E-state index is 11.3. The van der Waals surface area contributed by atoms with E-state index in [4.69, 9.17) is 18.9 Å². The van der Waals surface area contributed by atoms with Crippen LogP contribution in [-0.2, 0) is 18.9 Å². The van der Waals surface area contributed by atoms with Gasteiger partial charge in [0.2, 0.25) is 0 Å². The highest BCUT2D eigenvalue weighted by Gasteiger charge is 2.67. The first-order chi connectivity index (χ1) is 20.7. The van der Waals surface area contributed by atoms with Crippen molar-refractivity contribution < 1.29 is 59.8 Å². The number of fused-ring (bicyclic) bond motifs is 3. The molecule has 17 atom stereocenters. The Balaban J connectivity index is 1.20. The lowest BCUT2D eigenvalue weighted by atomic mass is 9.41. The van der Waals surface area contributed by atoms with Gasteiger partial charge >= 0.3 is 0 Å². The molecule has 12 nitrogen and oxygen atoms in total. The van der Waals surface area contributed by atoms with E-state index in [1.165, 1.54) is 6.92 Å². The van der Waals surface area contributed by atoms with Gasteiger partial charge in [0.15, 0.2) is 12.6 Å². The second-order valence-electron chi connectivity index (χ2n) is 15.7. The van der Waals surface area contributed by atoms with Crippen molar-refractivity contribution >= 4 is 0 Å². The minimum atomic E-state index is -1.62. The fourth-order valence-corrected chi connectivity index (χ4v) is 11.0. The molecule has 6 fully saturated rings. The number of hydrogen-bond donors (Lipinski definition) is 8. The molecule has 0 aromatic carbocycles. The highest BCUT2D eigenvalue weighted by Crippen LogP contribution is 2.72. The number of ether oxygens (including phenoxy) is 4. The SMILES string of the molecule is C[C@@H]1O[C@@H](O[C@H]2[C@H](OC[C@]3(C)CCC[C@@]4(C)[C@@H]3CC[C@]35C[C@H](CC[C@H]34)[C@@](O)(CO)C5)O[C@H](CO)[C@@H](O)[C@@H]2O)[C@H](O)[C@H](O)[C@H]1O. The Bertz CT molecular complexity index is 1030. The summed E-state index contributed by atoms with van der Waals surface area (Å²) in [6.07, 6.45) is -4.90. The Morgan fingerprint density at radius 1 is 0.795 bits per heavy atom. The summed E-state index contributed by atoms with van der Waals surface area (Å²) >= 11 is 0. The van der Waals surface area contributed by atoms with Gasteiger partial charge in [-0.1, -0.05) is 20.3 Å². The summed E-state index contributed by atoms with van der Waals surface area (Å²) in [6.45, 7) is 5.69. The van der Waals surface area contributed by atoms with E-state index in [9.17, 15) is 40.9 Å². The van der Waals surface area contributed by atoms with Gasteiger partial charge in [0.1, 0.15) is 42.7 Å². The van der Waals surface area contributed by atoms with E-state index in [0.717, 1.165) is 51.4 Å². The Labute approximate surface area is 259 Å². The smallest absolute Gasteiger partial charge is 0.187 e. The Kier molecular flexibility index (Phi) is 9.03. The van der Waals surface area contributed by atoms with Crippen molar-refractivity contribution in [2.45, 2.75) is 146 Å². The monoisotopic (exact) mass is 630 g/mol. The molecule has 0 aromatic rings. The standard InChI is InChI=1S/C32H54O12/c1-16-21(35)23(37)25(39)27(42-16)44-26-24(38)22(36)18(12-33)43-28(26)41-15-29(2)8-4-9-30(3)19(29)7-10-31-11-17(5-6-20(30)31)32(40,13-31)14-34/h16-28,33-40H,4-15H2,1-3H3/t16-,17-,18+,19+,20-,21-,22+,23+,24-,25+,26+,27-,28+,29-,30-,31+,32-/m0/s1. The molecule has 0 aromatic heterocycles. The molecule has 12 heteroatoms. The summed E-state index contributed by atoms with van der Waals surface area (Å²) in [6, 6.07) is 0. The molecule has 4 aliphatic carbocycles. The summed E-state index contributed by atoms with van der Waals surface area (Å²) in [5.74, 6) is 0.923. The minimum absolute atomic E-state index is 0.0279. The van der Waals surface area contributed by atoms with E-state index in [1.54, 1.807) is 0 Å². The Morgan fingerprint density at radius 3 is 2.25 bits per heavy atom. The molecule has 2 saturated heterocycles. The molecule has 254 valence electrons. The first-order valence-corrected chi connectivity index (χ1v) is 16.6. The number of aliphatic hydroxyl groups is 8. The molecular weight excluding hydrogens is 576 g/mol. The van der Waals surface area contributed by atoms with Crippen molar-refractivity contribution in [1.82, 2.24) is 0 Å². The topological polar surface area (TPSA) is 199 Å². The van der Waals surface area contributed by atoms with Gasteiger partial charge in [-0.05, 0) is 92.3 Å². The van der Waals surface area contributed by atoms with Gasteiger partial charge in [-0.3, -0.25) is 0 Å². The summed E-state index contributed by atoms with van der Waals surface area (Å²) in [4.78, 5) is 0. The largest absolute Gasteiger partial charge is 0.394 e. The predicted octanol–water partition coefficient (Wildman–Crippen LogP) is -0.209. The van der Waals surface area contributed by atoms with Crippen molar-refractivity contribution in [3.05, 3.63) is 0 Å². The molecule has 0 unspecified atom stereocenters. The molecule has 4 saturated carbocycles. The maximum Gasteiger partial charge on any atom is 0.187 e. The molecule has 2 bridgehead atoms. The Hall–Kier alpha value is -0.480. The first kappa shape index (κ1) is 33.4. The lowest BCUT2D eigenvalue weighted by Gasteiger charge is -2.64. The second kappa shape index (κ2) is 11.9. The third kappa shape index (κ3) is 5.20. The van der Waals surface area contributed by atoms with Crippen LogP contribution in [0.25, 0.3) is 0 Å². The van der Waals surface area contributed by atoms with Crippen LogP contribution < -0.4 is 0 Å². The quantitative estimate of drug-likeness (QED) is 0.185. The maximum atomic E-state index is 11.3. The molecule has 2 aliphatic heterocycles. The molecule has 2 heterocycles. The average Bonchev–Trinajstić information content (AvgIpc) is 3.20. The van der Waals surface area contributed by atoms with Gasteiger partial charge in [0.25, 0.3) is 0 Å². The summed E-state index contributed by atoms with van der Waals surface area (Å²) in [5, 5.41) is 83.9. The zero-order valence-electron chi connectivity index (χ0n) is 26.2.